The zero-order valence-electron chi connectivity index (χ0n) is 20.1. The minimum Gasteiger partial charge on any atom is -0.450 e. The van der Waals surface area contributed by atoms with Gasteiger partial charge in [0.25, 0.3) is 5.89 Å². The third-order valence-electron chi connectivity index (χ3n) is 4.91. The van der Waals surface area contributed by atoms with Gasteiger partial charge in [-0.3, -0.25) is 0 Å². The molecule has 36 heavy (non-hydrogen) atoms. The number of esters is 1. The number of rotatable bonds is 9. The van der Waals surface area contributed by atoms with E-state index in [0.717, 1.165) is 11.8 Å². The zero-order valence-corrected chi connectivity index (χ0v) is 22.4. The van der Waals surface area contributed by atoms with E-state index in [1.807, 2.05) is 32.0 Å². The molecule has 2 aromatic carbocycles. The summed E-state index contributed by atoms with van der Waals surface area (Å²) in [5.74, 6) is -0.594. The van der Waals surface area contributed by atoms with Crippen LogP contribution in [-0.2, 0) is 19.4 Å². The molecule has 0 saturated heterocycles. The summed E-state index contributed by atoms with van der Waals surface area (Å²) in [5, 5.41) is 3.77. The number of nitrogens with two attached hydrogens (primary N) is 1. The summed E-state index contributed by atoms with van der Waals surface area (Å²) in [5.41, 5.74) is 7.53. The lowest BCUT2D eigenvalue weighted by atomic mass is 10.0. The van der Waals surface area contributed by atoms with E-state index in [1.54, 1.807) is 24.5 Å². The Labute approximate surface area is 218 Å². The fourth-order valence-electron chi connectivity index (χ4n) is 3.10. The van der Waals surface area contributed by atoms with Crippen molar-refractivity contribution in [3.8, 4) is 11.5 Å². The van der Waals surface area contributed by atoms with Gasteiger partial charge >= 0.3 is 5.97 Å². The minimum absolute atomic E-state index is 0.00219. The number of carbonyl (C=O) groups is 1. The Kier molecular flexibility index (Phi) is 8.93. The maximum atomic E-state index is 12.4. The number of thioether (sulfide) groups is 1. The van der Waals surface area contributed by atoms with Gasteiger partial charge in [0.15, 0.2) is 9.84 Å². The summed E-state index contributed by atoms with van der Waals surface area (Å²) in [6, 6.07) is 13.5. The molecule has 2 N–H and O–H groups in total. The highest BCUT2D eigenvalue weighted by molar-refractivity contribution is 7.98. The Morgan fingerprint density at radius 2 is 1.94 bits per heavy atom. The van der Waals surface area contributed by atoms with Crippen molar-refractivity contribution in [2.75, 3.05) is 18.5 Å². The number of hydrogen-bond acceptors (Lipinski definition) is 10. The summed E-state index contributed by atoms with van der Waals surface area (Å²) in [4.78, 5) is 21.5. The quantitative estimate of drug-likeness (QED) is 0.175. The van der Waals surface area contributed by atoms with Gasteiger partial charge in [-0.2, -0.15) is 4.98 Å². The number of para-hydroxylation sites is 1. The first-order valence-corrected chi connectivity index (χ1v) is 14.3. The van der Waals surface area contributed by atoms with Gasteiger partial charge in [0, 0.05) is 11.8 Å². The van der Waals surface area contributed by atoms with Gasteiger partial charge in [0.1, 0.15) is 22.4 Å². The number of aliphatic imine (C=N–C) groups is 1. The molecule has 0 aliphatic carbocycles. The second-order valence-corrected chi connectivity index (χ2v) is 11.2. The van der Waals surface area contributed by atoms with Crippen molar-refractivity contribution in [2.24, 2.45) is 10.7 Å². The molecule has 0 aliphatic heterocycles. The number of carbonyl (C=O) groups excluding carboxylic acids is 1. The van der Waals surface area contributed by atoms with Gasteiger partial charge in [0.2, 0.25) is 5.82 Å². The Hall–Kier alpha value is -3.15. The molecule has 0 saturated carbocycles. The van der Waals surface area contributed by atoms with Crippen LogP contribution in [0.2, 0.25) is 0 Å². The van der Waals surface area contributed by atoms with Crippen LogP contribution in [0.1, 0.15) is 31.2 Å². The molecular formula is C24H25ClN4O5S2. The monoisotopic (exact) mass is 548 g/mol. The van der Waals surface area contributed by atoms with Crippen LogP contribution in [0, 0.1) is 0 Å². The van der Waals surface area contributed by atoms with E-state index in [0.29, 0.717) is 11.3 Å². The van der Waals surface area contributed by atoms with Gasteiger partial charge in [0.05, 0.1) is 10.6 Å². The lowest BCUT2D eigenvalue weighted by molar-refractivity contribution is -0.136. The predicted octanol–water partition coefficient (Wildman–Crippen LogP) is 4.66. The standard InChI is InChI=1S/C24H25ClN4O5S2/c1-14(2)17-10-5-6-11-18(17)27-21(19(25)20(26)24(30)33-13-35-3)22-28-23(34-29-22)15-8-7-9-16(12-15)36(4,31)32/h5-12,14H,13,26H2,1-4H3/b20-19+,27-21?. The normalized spacial score (nSPS) is 13.0. The Morgan fingerprint density at radius 1 is 1.22 bits per heavy atom. The maximum absolute atomic E-state index is 12.4. The van der Waals surface area contributed by atoms with Crippen LogP contribution >= 0.6 is 23.4 Å². The van der Waals surface area contributed by atoms with Crippen molar-refractivity contribution in [1.29, 1.82) is 0 Å². The third-order valence-corrected chi connectivity index (χ3v) is 6.76. The topological polar surface area (TPSA) is 138 Å². The molecule has 0 atom stereocenters. The van der Waals surface area contributed by atoms with Gasteiger partial charge in [-0.15, -0.1) is 11.8 Å². The molecule has 3 rings (SSSR count). The van der Waals surface area contributed by atoms with E-state index < -0.39 is 15.8 Å². The number of aromatic nitrogens is 2. The van der Waals surface area contributed by atoms with Gasteiger partial charge in [-0.1, -0.05) is 54.9 Å². The molecule has 0 spiro atoms. The highest BCUT2D eigenvalue weighted by atomic mass is 35.5. The summed E-state index contributed by atoms with van der Waals surface area (Å²) >= 11 is 7.84. The van der Waals surface area contributed by atoms with Crippen LogP contribution in [0.25, 0.3) is 11.5 Å². The first kappa shape index (κ1) is 27.4. The van der Waals surface area contributed by atoms with Crippen molar-refractivity contribution < 1.29 is 22.5 Å². The highest BCUT2D eigenvalue weighted by Crippen LogP contribution is 2.29. The summed E-state index contributed by atoms with van der Waals surface area (Å²) in [6.45, 7) is 4.03. The SMILES string of the molecule is CSCOC(=O)/C(N)=C(\Cl)C(=Nc1ccccc1C(C)C)c1noc(-c2cccc(S(C)(=O)=O)c2)n1. The van der Waals surface area contributed by atoms with E-state index in [4.69, 9.17) is 26.6 Å². The molecule has 190 valence electrons. The van der Waals surface area contributed by atoms with E-state index in [1.165, 1.54) is 23.9 Å². The average molecular weight is 549 g/mol. The van der Waals surface area contributed by atoms with Crippen LogP contribution in [0.3, 0.4) is 0 Å². The Balaban J connectivity index is 2.16. The van der Waals surface area contributed by atoms with Gasteiger partial charge < -0.3 is 15.0 Å². The molecule has 0 radical (unpaired) electrons. The molecule has 3 aromatic rings. The molecule has 1 heterocycles. The van der Waals surface area contributed by atoms with Crippen molar-refractivity contribution in [3.63, 3.8) is 0 Å². The predicted molar refractivity (Wildman–Crippen MR) is 141 cm³/mol. The summed E-state index contributed by atoms with van der Waals surface area (Å²) in [6.07, 6.45) is 2.87. The molecule has 0 bridgehead atoms. The molecule has 0 unspecified atom stereocenters. The largest absolute Gasteiger partial charge is 0.450 e. The number of sulfone groups is 1. The van der Waals surface area contributed by atoms with Crippen molar-refractivity contribution in [2.45, 2.75) is 24.7 Å². The van der Waals surface area contributed by atoms with Crippen molar-refractivity contribution in [3.05, 3.63) is 70.6 Å². The first-order valence-electron chi connectivity index (χ1n) is 10.7. The number of allylic oxidation sites excluding steroid dienone is 1. The summed E-state index contributed by atoms with van der Waals surface area (Å²) < 4.78 is 34.4. The van der Waals surface area contributed by atoms with Crippen LogP contribution < -0.4 is 5.73 Å². The third kappa shape index (κ3) is 6.54. The van der Waals surface area contributed by atoms with Crippen LogP contribution in [0.15, 0.2) is 73.7 Å². The van der Waals surface area contributed by atoms with Gasteiger partial charge in [-0.25, -0.2) is 18.2 Å². The molecule has 12 heteroatoms. The van der Waals surface area contributed by atoms with Crippen LogP contribution in [0.5, 0.6) is 0 Å². The van der Waals surface area contributed by atoms with Crippen LogP contribution in [-0.4, -0.2) is 48.7 Å². The Morgan fingerprint density at radius 3 is 2.61 bits per heavy atom. The van der Waals surface area contributed by atoms with E-state index in [2.05, 4.69) is 15.1 Å². The smallest absolute Gasteiger partial charge is 0.356 e. The number of halogens is 1. The van der Waals surface area contributed by atoms with Crippen molar-refractivity contribution in [1.82, 2.24) is 10.1 Å². The molecule has 0 amide bonds. The van der Waals surface area contributed by atoms with Gasteiger partial charge in [-0.05, 0) is 42.0 Å². The number of hydrogen-bond donors (Lipinski definition) is 1. The second kappa shape index (κ2) is 11.7. The van der Waals surface area contributed by atoms with E-state index in [-0.39, 0.29) is 44.9 Å². The first-order chi connectivity index (χ1) is 17.0. The number of ether oxygens (including phenoxy) is 1. The highest BCUT2D eigenvalue weighted by Gasteiger charge is 2.24. The zero-order chi connectivity index (χ0) is 26.5. The molecular weight excluding hydrogens is 524 g/mol. The summed E-state index contributed by atoms with van der Waals surface area (Å²) in [7, 11) is -3.45. The molecule has 0 fully saturated rings. The lowest BCUT2D eigenvalue weighted by Gasteiger charge is -2.11. The number of benzene rings is 2. The van der Waals surface area contributed by atoms with Crippen LogP contribution in [0.4, 0.5) is 5.69 Å². The fraction of sp³-hybridized carbons (Fsp3) is 0.250. The maximum Gasteiger partial charge on any atom is 0.356 e. The van der Waals surface area contributed by atoms with E-state index >= 15 is 0 Å². The fourth-order valence-corrected chi connectivity index (χ4v) is 4.19. The second-order valence-electron chi connectivity index (χ2n) is 7.96. The molecule has 9 nitrogen and oxygen atoms in total. The lowest BCUT2D eigenvalue weighted by Crippen LogP contribution is -2.20. The average Bonchev–Trinajstić information content (AvgIpc) is 3.34. The van der Waals surface area contributed by atoms with Crippen molar-refractivity contribution >= 4 is 50.6 Å². The van der Waals surface area contributed by atoms with E-state index in [9.17, 15) is 13.2 Å². The molecule has 0 aliphatic rings. The number of nitrogens with zero attached hydrogens (tertiary/aromatic N) is 3. The minimum atomic E-state index is -3.45. The molecule has 1 aromatic heterocycles. The Bertz CT molecular complexity index is 1430.